The predicted octanol–water partition coefficient (Wildman–Crippen LogP) is 4.03. The first-order valence-corrected chi connectivity index (χ1v) is 12.2. The molecule has 2 amide bonds. The van der Waals surface area contributed by atoms with Crippen molar-refractivity contribution < 1.29 is 69.6 Å². The minimum atomic E-state index is -4.91. The molecule has 0 radical (unpaired) electrons. The molecule has 3 aromatic rings. The molecule has 0 heterocycles. The van der Waals surface area contributed by atoms with Gasteiger partial charge in [0.05, 0.1) is 29.4 Å². The highest BCUT2D eigenvalue weighted by molar-refractivity contribution is 5.99. The number of nitrogens with one attached hydrogen (secondary N) is 2. The first-order valence-electron chi connectivity index (χ1n) is 12.2. The van der Waals surface area contributed by atoms with Gasteiger partial charge >= 0.3 is 30.3 Å². The molecule has 0 unspecified atom stereocenters. The maximum Gasteiger partial charge on any atom is 0.416 e. The molecular weight excluding hydrogens is 622 g/mol. The summed E-state index contributed by atoms with van der Waals surface area (Å²) in [5.74, 6) is -7.83. The van der Waals surface area contributed by atoms with Gasteiger partial charge in [0.15, 0.2) is 0 Å². The molecule has 0 saturated carbocycles. The normalized spacial score (nSPS) is 12.7. The molecule has 0 bridgehead atoms. The Kier molecular flexibility index (Phi) is 10.4. The van der Waals surface area contributed by atoms with Gasteiger partial charge < -0.3 is 19.3 Å². The monoisotopic (exact) mass is 642 g/mol. The third-order valence-electron chi connectivity index (χ3n) is 5.75. The standard InChI is InChI=1S/C28H20F6N2O9/c1-43-19-10-8-14(9-11-19)22(37)35-36-23(38)20(44-25(41)15-4-2-6-17(12-15)27(29,30)31)21(24(39)40)45-26(42)16-5-3-7-18(13-16)28(32,33)34/h2-13,20-21H,1H3,(H,35,37)(H,36,38)(H,39,40)/t20-,21-/m0/s1. The lowest BCUT2D eigenvalue weighted by Crippen LogP contribution is -2.54. The topological polar surface area (TPSA) is 157 Å². The lowest BCUT2D eigenvalue weighted by molar-refractivity contribution is -0.159. The zero-order valence-electron chi connectivity index (χ0n) is 22.6. The lowest BCUT2D eigenvalue weighted by atomic mass is 10.1. The molecule has 3 rings (SSSR count). The summed E-state index contributed by atoms with van der Waals surface area (Å²) in [7, 11) is 1.36. The van der Waals surface area contributed by atoms with Crippen LogP contribution in [0.4, 0.5) is 26.3 Å². The molecule has 0 aromatic heterocycles. The van der Waals surface area contributed by atoms with Crippen molar-refractivity contribution in [3.05, 3.63) is 101 Å². The zero-order chi connectivity index (χ0) is 33.5. The van der Waals surface area contributed by atoms with Crippen molar-refractivity contribution in [3.63, 3.8) is 0 Å². The number of hydrazine groups is 1. The number of aliphatic carboxylic acids is 1. The number of rotatable bonds is 9. The summed E-state index contributed by atoms with van der Waals surface area (Å²) in [6.45, 7) is 0. The third kappa shape index (κ3) is 8.94. The SMILES string of the molecule is COc1ccc(C(=O)NNC(=O)[C@@H](OC(=O)c2cccc(C(F)(F)F)c2)[C@H](OC(=O)c2cccc(C(F)(F)F)c2)C(=O)O)cc1. The molecule has 11 nitrogen and oxygen atoms in total. The quantitative estimate of drug-likeness (QED) is 0.178. The van der Waals surface area contributed by atoms with Gasteiger partial charge in [-0.2, -0.15) is 26.3 Å². The summed E-state index contributed by atoms with van der Waals surface area (Å²) in [6, 6.07) is 10.4. The van der Waals surface area contributed by atoms with E-state index in [9.17, 15) is 55.4 Å². The van der Waals surface area contributed by atoms with Gasteiger partial charge in [-0.25, -0.2) is 14.4 Å². The Balaban J connectivity index is 1.92. The molecule has 0 aliphatic rings. The largest absolute Gasteiger partial charge is 0.497 e. The molecule has 3 aromatic carbocycles. The van der Waals surface area contributed by atoms with Crippen molar-refractivity contribution in [2.45, 2.75) is 24.6 Å². The third-order valence-corrected chi connectivity index (χ3v) is 5.75. The van der Waals surface area contributed by atoms with Crippen LogP contribution in [0.1, 0.15) is 42.2 Å². The molecule has 0 spiro atoms. The van der Waals surface area contributed by atoms with E-state index in [1.807, 2.05) is 5.43 Å². The number of carbonyl (C=O) groups excluding carboxylic acids is 4. The molecule has 0 fully saturated rings. The van der Waals surface area contributed by atoms with Crippen LogP contribution in [0.2, 0.25) is 0 Å². The van der Waals surface area contributed by atoms with Gasteiger partial charge in [0.25, 0.3) is 11.8 Å². The van der Waals surface area contributed by atoms with Crippen LogP contribution in [0.25, 0.3) is 0 Å². The van der Waals surface area contributed by atoms with Crippen LogP contribution in [0.5, 0.6) is 5.75 Å². The fourth-order valence-corrected chi connectivity index (χ4v) is 3.51. The van der Waals surface area contributed by atoms with Crippen LogP contribution in [-0.2, 0) is 31.4 Å². The molecule has 0 saturated heterocycles. The van der Waals surface area contributed by atoms with E-state index >= 15 is 0 Å². The number of carbonyl (C=O) groups is 5. The first-order chi connectivity index (χ1) is 21.0. The highest BCUT2D eigenvalue weighted by atomic mass is 19.4. The summed E-state index contributed by atoms with van der Waals surface area (Å²) in [5.41, 5.74) is -0.663. The van der Waals surface area contributed by atoms with Crippen molar-refractivity contribution in [1.29, 1.82) is 0 Å². The van der Waals surface area contributed by atoms with Crippen LogP contribution in [-0.4, -0.2) is 54.1 Å². The Morgan fingerprint density at radius 1 is 0.667 bits per heavy atom. The smallest absolute Gasteiger partial charge is 0.416 e. The number of hydrogen-bond donors (Lipinski definition) is 3. The number of benzene rings is 3. The van der Waals surface area contributed by atoms with Crippen molar-refractivity contribution >= 4 is 29.7 Å². The summed E-state index contributed by atoms with van der Waals surface area (Å²) < 4.78 is 93.3. The number of alkyl halides is 6. The summed E-state index contributed by atoms with van der Waals surface area (Å²) in [6.07, 6.45) is -15.3. The van der Waals surface area contributed by atoms with E-state index in [1.54, 1.807) is 5.43 Å². The summed E-state index contributed by atoms with van der Waals surface area (Å²) in [5, 5.41) is 9.73. The maximum absolute atomic E-state index is 13.2. The van der Waals surface area contributed by atoms with Crippen LogP contribution < -0.4 is 15.6 Å². The van der Waals surface area contributed by atoms with E-state index in [0.29, 0.717) is 30.0 Å². The van der Waals surface area contributed by atoms with E-state index in [2.05, 4.69) is 0 Å². The van der Waals surface area contributed by atoms with Gasteiger partial charge in [0.1, 0.15) is 5.75 Å². The molecule has 3 N–H and O–H groups in total. The molecule has 45 heavy (non-hydrogen) atoms. The fourth-order valence-electron chi connectivity index (χ4n) is 3.51. The number of methoxy groups -OCH3 is 1. The summed E-state index contributed by atoms with van der Waals surface area (Å²) in [4.78, 5) is 63.0. The molecule has 2 atom stereocenters. The van der Waals surface area contributed by atoms with E-state index in [1.165, 1.54) is 31.4 Å². The number of carboxylic acids is 1. The number of halogens is 6. The Bertz CT molecular complexity index is 1590. The van der Waals surface area contributed by atoms with E-state index in [4.69, 9.17) is 14.2 Å². The molecule has 238 valence electrons. The van der Waals surface area contributed by atoms with Crippen molar-refractivity contribution in [2.24, 2.45) is 0 Å². The average Bonchev–Trinajstić information content (AvgIpc) is 3.00. The molecule has 0 aliphatic heterocycles. The van der Waals surface area contributed by atoms with Gasteiger partial charge in [0.2, 0.25) is 12.2 Å². The van der Waals surface area contributed by atoms with Gasteiger partial charge in [-0.3, -0.25) is 20.4 Å². The number of hydrogen-bond acceptors (Lipinski definition) is 8. The average molecular weight is 642 g/mol. The fraction of sp³-hybridized carbons (Fsp3) is 0.179. The zero-order valence-corrected chi connectivity index (χ0v) is 22.6. The number of ether oxygens (including phenoxy) is 3. The van der Waals surface area contributed by atoms with E-state index in [-0.39, 0.29) is 5.56 Å². The van der Waals surface area contributed by atoms with Gasteiger partial charge in [-0.05, 0) is 60.7 Å². The maximum atomic E-state index is 13.2. The van der Waals surface area contributed by atoms with Gasteiger partial charge in [-0.1, -0.05) is 12.1 Å². The van der Waals surface area contributed by atoms with E-state index in [0.717, 1.165) is 24.3 Å². The minimum absolute atomic E-state index is 0.0561. The van der Waals surface area contributed by atoms with E-state index < -0.39 is 76.5 Å². The Hall–Kier alpha value is -5.61. The molecular formula is C28H20F6N2O9. The number of carboxylic acid groups (broad SMARTS) is 1. The second-order valence-corrected chi connectivity index (χ2v) is 8.82. The predicted molar refractivity (Wildman–Crippen MR) is 138 cm³/mol. The Morgan fingerprint density at radius 2 is 1.13 bits per heavy atom. The van der Waals surface area contributed by atoms with Crippen LogP contribution >= 0.6 is 0 Å². The van der Waals surface area contributed by atoms with Crippen LogP contribution in [0.15, 0.2) is 72.8 Å². The summed E-state index contributed by atoms with van der Waals surface area (Å²) >= 11 is 0. The van der Waals surface area contributed by atoms with Gasteiger partial charge in [0, 0.05) is 5.56 Å². The van der Waals surface area contributed by atoms with Crippen molar-refractivity contribution in [3.8, 4) is 5.75 Å². The van der Waals surface area contributed by atoms with Crippen LogP contribution in [0, 0.1) is 0 Å². The Labute approximate surface area is 248 Å². The van der Waals surface area contributed by atoms with Crippen LogP contribution in [0.3, 0.4) is 0 Å². The number of amides is 2. The second-order valence-electron chi connectivity index (χ2n) is 8.82. The van der Waals surface area contributed by atoms with Crippen molar-refractivity contribution in [1.82, 2.24) is 10.9 Å². The number of esters is 2. The lowest BCUT2D eigenvalue weighted by Gasteiger charge is -2.24. The highest BCUT2D eigenvalue weighted by Crippen LogP contribution is 2.31. The Morgan fingerprint density at radius 3 is 1.56 bits per heavy atom. The minimum Gasteiger partial charge on any atom is -0.497 e. The highest BCUT2D eigenvalue weighted by Gasteiger charge is 2.42. The second kappa shape index (κ2) is 13.8. The van der Waals surface area contributed by atoms with Gasteiger partial charge in [-0.15, -0.1) is 0 Å². The molecule has 17 heteroatoms. The first kappa shape index (κ1) is 33.9. The molecule has 0 aliphatic carbocycles. The van der Waals surface area contributed by atoms with Crippen molar-refractivity contribution in [2.75, 3.05) is 7.11 Å².